The van der Waals surface area contributed by atoms with Crippen molar-refractivity contribution in [1.82, 2.24) is 24.5 Å². The van der Waals surface area contributed by atoms with Gasteiger partial charge in [0.15, 0.2) is 5.16 Å². The van der Waals surface area contributed by atoms with E-state index >= 15 is 0 Å². The van der Waals surface area contributed by atoms with E-state index in [9.17, 15) is 4.79 Å². The number of carbonyl (C=O) groups excluding carboxylic acids is 1. The zero-order valence-corrected chi connectivity index (χ0v) is 16.0. The Bertz CT molecular complexity index is 837. The minimum atomic E-state index is -0.0878. The third-order valence-electron chi connectivity index (χ3n) is 3.60. The molecule has 0 aromatic carbocycles. The highest BCUT2D eigenvalue weighted by Gasteiger charge is 2.14. The summed E-state index contributed by atoms with van der Waals surface area (Å²) in [6.07, 6.45) is 2.43. The highest BCUT2D eigenvalue weighted by Crippen LogP contribution is 2.20. The molecule has 3 rings (SSSR count). The summed E-state index contributed by atoms with van der Waals surface area (Å²) in [5, 5.41) is 18.3. The molecule has 3 aromatic rings. The molecule has 0 aliphatic rings. The number of nitrogens with zero attached hydrogens (tertiary/aromatic N) is 5. The second-order valence-electron chi connectivity index (χ2n) is 5.81. The Morgan fingerprint density at radius 2 is 2.20 bits per heavy atom. The van der Waals surface area contributed by atoms with Gasteiger partial charge in [-0.2, -0.15) is 5.10 Å². The number of carbonyl (C=O) groups is 1. The Balaban J connectivity index is 1.57. The van der Waals surface area contributed by atoms with Crippen LogP contribution < -0.4 is 5.32 Å². The quantitative estimate of drug-likeness (QED) is 0.642. The fraction of sp³-hybridized carbons (Fsp3) is 0.375. The third kappa shape index (κ3) is 4.29. The first-order valence-corrected chi connectivity index (χ1v) is 9.78. The van der Waals surface area contributed by atoms with E-state index in [1.165, 1.54) is 16.6 Å². The lowest BCUT2D eigenvalue weighted by Gasteiger charge is -2.11. The van der Waals surface area contributed by atoms with Crippen LogP contribution in [0.25, 0.3) is 0 Å². The van der Waals surface area contributed by atoms with E-state index in [4.69, 9.17) is 0 Å². The Kier molecular flexibility index (Phi) is 5.54. The second-order valence-corrected chi connectivity index (χ2v) is 7.78. The maximum atomic E-state index is 12.2. The molecule has 25 heavy (non-hydrogen) atoms. The molecule has 0 bridgehead atoms. The average molecular weight is 377 g/mol. The predicted octanol–water partition coefficient (Wildman–Crippen LogP) is 2.98. The van der Waals surface area contributed by atoms with Gasteiger partial charge in [-0.05, 0) is 25.3 Å². The lowest BCUT2D eigenvalue weighted by atomic mass is 10.3. The van der Waals surface area contributed by atoms with E-state index in [-0.39, 0.29) is 17.7 Å². The van der Waals surface area contributed by atoms with Crippen LogP contribution in [-0.2, 0) is 18.3 Å². The molecule has 0 unspecified atom stereocenters. The van der Waals surface area contributed by atoms with Crippen molar-refractivity contribution in [3.8, 4) is 0 Å². The zero-order valence-electron chi connectivity index (χ0n) is 14.3. The fourth-order valence-electron chi connectivity index (χ4n) is 2.33. The van der Waals surface area contributed by atoms with Crippen molar-refractivity contribution in [3.05, 3.63) is 40.5 Å². The van der Waals surface area contributed by atoms with Crippen molar-refractivity contribution in [1.29, 1.82) is 0 Å². The number of thioether (sulfide) groups is 1. The van der Waals surface area contributed by atoms with Crippen LogP contribution >= 0.6 is 23.1 Å². The van der Waals surface area contributed by atoms with E-state index in [1.807, 2.05) is 36.9 Å². The minimum absolute atomic E-state index is 0.0878. The van der Waals surface area contributed by atoms with Crippen LogP contribution in [0, 0.1) is 0 Å². The number of anilines is 1. The Labute approximate surface area is 154 Å². The predicted molar refractivity (Wildman–Crippen MR) is 100 cm³/mol. The molecule has 7 nitrogen and oxygen atoms in total. The van der Waals surface area contributed by atoms with Gasteiger partial charge in [0.1, 0.15) is 11.6 Å². The molecule has 0 atom stereocenters. The Morgan fingerprint density at radius 3 is 2.92 bits per heavy atom. The van der Waals surface area contributed by atoms with Crippen LogP contribution in [-0.4, -0.2) is 36.2 Å². The van der Waals surface area contributed by atoms with Gasteiger partial charge in [-0.15, -0.1) is 21.5 Å². The Morgan fingerprint density at radius 1 is 1.36 bits per heavy atom. The standard InChI is InChI=1S/C16H20N6OS2/c1-11(2)22-13(6-7-17-22)18-15(23)10-25-16-20-19-14(21(16)3)9-12-5-4-8-24-12/h4-8,11H,9-10H2,1-3H3,(H,18,23). The van der Waals surface area contributed by atoms with Crippen molar-refractivity contribution >= 4 is 34.8 Å². The van der Waals surface area contributed by atoms with Gasteiger partial charge in [0.25, 0.3) is 0 Å². The largest absolute Gasteiger partial charge is 0.310 e. The highest BCUT2D eigenvalue weighted by atomic mass is 32.2. The smallest absolute Gasteiger partial charge is 0.235 e. The van der Waals surface area contributed by atoms with Gasteiger partial charge in [-0.1, -0.05) is 17.8 Å². The van der Waals surface area contributed by atoms with Crippen LogP contribution in [0.4, 0.5) is 5.82 Å². The van der Waals surface area contributed by atoms with E-state index in [0.29, 0.717) is 5.82 Å². The summed E-state index contributed by atoms with van der Waals surface area (Å²) < 4.78 is 3.72. The lowest BCUT2D eigenvalue weighted by molar-refractivity contribution is -0.113. The second kappa shape index (κ2) is 7.83. The summed E-state index contributed by atoms with van der Waals surface area (Å²) in [5.41, 5.74) is 0. The minimum Gasteiger partial charge on any atom is -0.310 e. The average Bonchev–Trinajstić information content (AvgIpc) is 3.30. The highest BCUT2D eigenvalue weighted by molar-refractivity contribution is 7.99. The van der Waals surface area contributed by atoms with Crippen LogP contribution in [0.5, 0.6) is 0 Å². The summed E-state index contributed by atoms with van der Waals surface area (Å²) in [6.45, 7) is 4.04. The van der Waals surface area contributed by atoms with Gasteiger partial charge in [-0.25, -0.2) is 4.68 Å². The molecule has 0 radical (unpaired) electrons. The maximum absolute atomic E-state index is 12.2. The SMILES string of the molecule is CC(C)n1nccc1NC(=O)CSc1nnc(Cc2cccs2)n1C. The Hall–Kier alpha value is -2.13. The summed E-state index contributed by atoms with van der Waals surface area (Å²) in [7, 11) is 1.93. The molecule has 0 saturated carbocycles. The molecule has 0 aliphatic heterocycles. The molecule has 0 aliphatic carbocycles. The van der Waals surface area contributed by atoms with Crippen LogP contribution in [0.15, 0.2) is 34.9 Å². The van der Waals surface area contributed by atoms with Crippen molar-refractivity contribution in [2.24, 2.45) is 7.05 Å². The van der Waals surface area contributed by atoms with E-state index in [0.717, 1.165) is 17.4 Å². The molecule has 132 valence electrons. The van der Waals surface area contributed by atoms with Crippen molar-refractivity contribution < 1.29 is 4.79 Å². The summed E-state index contributed by atoms with van der Waals surface area (Å²) >= 11 is 3.08. The van der Waals surface area contributed by atoms with E-state index in [2.05, 4.69) is 26.7 Å². The van der Waals surface area contributed by atoms with Crippen molar-refractivity contribution in [2.75, 3.05) is 11.1 Å². The summed E-state index contributed by atoms with van der Waals surface area (Å²) in [4.78, 5) is 13.4. The molecule has 0 fully saturated rings. The molecular formula is C16H20N6OS2. The summed E-state index contributed by atoms with van der Waals surface area (Å²) in [5.74, 6) is 1.78. The monoisotopic (exact) mass is 376 g/mol. The first-order valence-electron chi connectivity index (χ1n) is 7.91. The number of rotatable bonds is 7. The molecule has 1 N–H and O–H groups in total. The number of hydrogen-bond acceptors (Lipinski definition) is 6. The van der Waals surface area contributed by atoms with Gasteiger partial charge < -0.3 is 9.88 Å². The van der Waals surface area contributed by atoms with Gasteiger partial charge >= 0.3 is 0 Å². The number of nitrogens with one attached hydrogen (secondary N) is 1. The number of hydrogen-bond donors (Lipinski definition) is 1. The third-order valence-corrected chi connectivity index (χ3v) is 5.49. The fourth-order valence-corrected chi connectivity index (χ4v) is 3.76. The lowest BCUT2D eigenvalue weighted by Crippen LogP contribution is -2.18. The first-order chi connectivity index (χ1) is 12.0. The van der Waals surface area contributed by atoms with Gasteiger partial charge in [-0.3, -0.25) is 4.79 Å². The van der Waals surface area contributed by atoms with E-state index < -0.39 is 0 Å². The number of amides is 1. The molecule has 9 heteroatoms. The zero-order chi connectivity index (χ0) is 17.8. The van der Waals surface area contributed by atoms with Gasteiger partial charge in [0.2, 0.25) is 5.91 Å². The first kappa shape index (κ1) is 17.7. The van der Waals surface area contributed by atoms with Crippen molar-refractivity contribution in [3.63, 3.8) is 0 Å². The van der Waals surface area contributed by atoms with Crippen LogP contribution in [0.1, 0.15) is 30.6 Å². The molecule has 3 aromatic heterocycles. The van der Waals surface area contributed by atoms with Crippen molar-refractivity contribution in [2.45, 2.75) is 31.5 Å². The molecule has 1 amide bonds. The maximum Gasteiger partial charge on any atom is 0.235 e. The molecule has 3 heterocycles. The summed E-state index contributed by atoms with van der Waals surface area (Å²) in [6, 6.07) is 6.09. The van der Waals surface area contributed by atoms with Gasteiger partial charge in [0, 0.05) is 30.5 Å². The van der Waals surface area contributed by atoms with Gasteiger partial charge in [0.05, 0.1) is 11.9 Å². The number of aromatic nitrogens is 5. The molecule has 0 saturated heterocycles. The van der Waals surface area contributed by atoms with Crippen LogP contribution in [0.3, 0.4) is 0 Å². The molecule has 0 spiro atoms. The van der Waals surface area contributed by atoms with E-state index in [1.54, 1.807) is 28.3 Å². The number of thiophene rings is 1. The topological polar surface area (TPSA) is 77.6 Å². The molecular weight excluding hydrogens is 356 g/mol. The normalized spacial score (nSPS) is 11.2. The van der Waals surface area contributed by atoms with Crippen LogP contribution in [0.2, 0.25) is 0 Å².